The monoisotopic (exact) mass is 609 g/mol. The summed E-state index contributed by atoms with van der Waals surface area (Å²) >= 11 is 0. The Hall–Kier alpha value is -4.92. The topological polar surface area (TPSA) is 164 Å². The maximum atomic E-state index is 12.8. The highest BCUT2D eigenvalue weighted by molar-refractivity contribution is 7.91. The SMILES string of the molecule is COC1N=C(Oc2ccc(S(=O)(=O)c3ccc(O)cc3)cc2)N=CN1Oc1ccc(S(=O)(=O)c2ccc(O)cc2)cc1. The van der Waals surface area contributed by atoms with E-state index in [1.54, 1.807) is 0 Å². The number of aromatic hydroxyl groups is 2. The van der Waals surface area contributed by atoms with Gasteiger partial charge in [-0.05, 0) is 97.1 Å². The molecular formula is C28H23N3O9S2. The van der Waals surface area contributed by atoms with Gasteiger partial charge in [0.15, 0.2) is 5.75 Å². The summed E-state index contributed by atoms with van der Waals surface area (Å²) in [6.45, 7) is 0. The van der Waals surface area contributed by atoms with Crippen molar-refractivity contribution in [3.63, 3.8) is 0 Å². The summed E-state index contributed by atoms with van der Waals surface area (Å²) in [5, 5.41) is 20.0. The van der Waals surface area contributed by atoms with Crippen LogP contribution in [0.25, 0.3) is 0 Å². The molecule has 2 N–H and O–H groups in total. The second-order valence-corrected chi connectivity index (χ2v) is 12.6. The van der Waals surface area contributed by atoms with Crippen LogP contribution in [0.2, 0.25) is 0 Å². The zero-order valence-electron chi connectivity index (χ0n) is 21.8. The fraction of sp³-hybridized carbons (Fsp3) is 0.0714. The van der Waals surface area contributed by atoms with Gasteiger partial charge in [0.05, 0.1) is 19.6 Å². The van der Waals surface area contributed by atoms with Crippen molar-refractivity contribution in [1.29, 1.82) is 0 Å². The molecule has 1 heterocycles. The molecule has 1 unspecified atom stereocenters. The molecule has 0 spiro atoms. The van der Waals surface area contributed by atoms with Gasteiger partial charge in [0.25, 0.3) is 6.35 Å². The van der Waals surface area contributed by atoms with E-state index in [9.17, 15) is 27.0 Å². The van der Waals surface area contributed by atoms with E-state index < -0.39 is 26.0 Å². The van der Waals surface area contributed by atoms with Gasteiger partial charge in [-0.15, -0.1) is 5.06 Å². The molecule has 1 aliphatic heterocycles. The zero-order valence-corrected chi connectivity index (χ0v) is 23.4. The molecule has 1 aliphatic rings. The number of hydroxylamine groups is 2. The minimum Gasteiger partial charge on any atom is -0.508 e. The molecule has 216 valence electrons. The van der Waals surface area contributed by atoms with Crippen molar-refractivity contribution in [3.8, 4) is 23.0 Å². The summed E-state index contributed by atoms with van der Waals surface area (Å²) in [4.78, 5) is 14.2. The second-order valence-electron chi connectivity index (χ2n) is 8.71. The van der Waals surface area contributed by atoms with Crippen LogP contribution in [0, 0.1) is 0 Å². The molecule has 1 atom stereocenters. The van der Waals surface area contributed by atoms with E-state index >= 15 is 0 Å². The lowest BCUT2D eigenvalue weighted by Crippen LogP contribution is -2.41. The summed E-state index contributed by atoms with van der Waals surface area (Å²) in [5.41, 5.74) is 0. The van der Waals surface area contributed by atoms with Crippen molar-refractivity contribution >= 4 is 32.0 Å². The van der Waals surface area contributed by atoms with Crippen LogP contribution in [0.4, 0.5) is 0 Å². The molecule has 4 aromatic rings. The van der Waals surface area contributed by atoms with E-state index in [0.717, 1.165) is 0 Å². The number of amidine groups is 1. The van der Waals surface area contributed by atoms with Gasteiger partial charge < -0.3 is 24.5 Å². The number of phenols is 2. The molecule has 5 rings (SSSR count). The molecule has 0 aliphatic carbocycles. The number of aliphatic imine (C=N–C) groups is 2. The third kappa shape index (κ3) is 6.05. The van der Waals surface area contributed by atoms with Crippen LogP contribution in [0.5, 0.6) is 23.0 Å². The predicted octanol–water partition coefficient (Wildman–Crippen LogP) is 3.77. The van der Waals surface area contributed by atoms with Crippen molar-refractivity contribution < 1.29 is 41.4 Å². The molecule has 14 heteroatoms. The van der Waals surface area contributed by atoms with Gasteiger partial charge in [-0.3, -0.25) is 0 Å². The molecular weight excluding hydrogens is 586 g/mol. The molecule has 0 bridgehead atoms. The first-order valence-corrected chi connectivity index (χ1v) is 15.1. The van der Waals surface area contributed by atoms with Crippen LogP contribution in [0.1, 0.15) is 0 Å². The second kappa shape index (κ2) is 11.5. The Morgan fingerprint density at radius 3 is 1.48 bits per heavy atom. The Morgan fingerprint density at radius 1 is 0.643 bits per heavy atom. The molecule has 4 aromatic carbocycles. The van der Waals surface area contributed by atoms with E-state index in [0.29, 0.717) is 0 Å². The van der Waals surface area contributed by atoms with Gasteiger partial charge in [0.2, 0.25) is 19.7 Å². The van der Waals surface area contributed by atoms with Crippen LogP contribution in [-0.2, 0) is 24.4 Å². The summed E-state index contributed by atoms with van der Waals surface area (Å²) in [7, 11) is -6.20. The number of sulfone groups is 2. The number of hydrogen-bond acceptors (Lipinski definition) is 12. The van der Waals surface area contributed by atoms with Crippen LogP contribution in [-0.4, -0.2) is 57.9 Å². The lowest BCUT2D eigenvalue weighted by Gasteiger charge is -2.27. The van der Waals surface area contributed by atoms with E-state index in [2.05, 4.69) is 9.98 Å². The first kappa shape index (κ1) is 28.6. The van der Waals surface area contributed by atoms with Gasteiger partial charge >= 0.3 is 6.02 Å². The number of rotatable bonds is 8. The molecule has 0 radical (unpaired) electrons. The average molecular weight is 610 g/mol. The number of nitrogens with zero attached hydrogens (tertiary/aromatic N) is 3. The fourth-order valence-corrected chi connectivity index (χ4v) is 6.26. The number of phenolic OH excluding ortho intramolecular Hbond substituents is 2. The van der Waals surface area contributed by atoms with E-state index in [1.165, 1.54) is 116 Å². The molecule has 0 saturated carbocycles. The van der Waals surface area contributed by atoms with E-state index in [-0.39, 0.29) is 48.6 Å². The van der Waals surface area contributed by atoms with Crippen molar-refractivity contribution in [2.24, 2.45) is 9.98 Å². The lowest BCUT2D eigenvalue weighted by molar-refractivity contribution is -0.124. The van der Waals surface area contributed by atoms with Crippen molar-refractivity contribution in [3.05, 3.63) is 97.1 Å². The minimum atomic E-state index is -3.80. The lowest BCUT2D eigenvalue weighted by atomic mass is 10.3. The molecule has 0 amide bonds. The van der Waals surface area contributed by atoms with Gasteiger partial charge in [0, 0.05) is 7.11 Å². The number of methoxy groups -OCH3 is 1. The van der Waals surface area contributed by atoms with Crippen molar-refractivity contribution in [2.45, 2.75) is 25.9 Å². The van der Waals surface area contributed by atoms with Crippen molar-refractivity contribution in [2.75, 3.05) is 7.11 Å². The van der Waals surface area contributed by atoms with Gasteiger partial charge in [-0.1, -0.05) is 0 Å². The summed E-state index contributed by atoms with van der Waals surface area (Å²) in [6, 6.07) is 21.7. The van der Waals surface area contributed by atoms with Crippen LogP contribution >= 0.6 is 0 Å². The summed E-state index contributed by atoms with van der Waals surface area (Å²) < 4.78 is 62.3. The number of hydrogen-bond donors (Lipinski definition) is 2. The Morgan fingerprint density at radius 2 is 1.05 bits per heavy atom. The maximum Gasteiger partial charge on any atom is 0.323 e. The zero-order chi connectivity index (χ0) is 29.9. The van der Waals surface area contributed by atoms with Crippen LogP contribution < -0.4 is 9.57 Å². The van der Waals surface area contributed by atoms with E-state index in [1.807, 2.05) is 0 Å². The van der Waals surface area contributed by atoms with E-state index in [4.69, 9.17) is 14.3 Å². The fourth-order valence-electron chi connectivity index (χ4n) is 3.74. The highest BCUT2D eigenvalue weighted by Gasteiger charge is 2.24. The largest absolute Gasteiger partial charge is 0.508 e. The maximum absolute atomic E-state index is 12.8. The summed E-state index contributed by atoms with van der Waals surface area (Å²) in [5.74, 6) is 0.462. The molecule has 0 saturated heterocycles. The Balaban J connectivity index is 1.24. The molecule has 12 nitrogen and oxygen atoms in total. The molecule has 42 heavy (non-hydrogen) atoms. The number of ether oxygens (including phenoxy) is 2. The van der Waals surface area contributed by atoms with Gasteiger partial charge in [0.1, 0.15) is 23.6 Å². The van der Waals surface area contributed by atoms with Gasteiger partial charge in [-0.2, -0.15) is 9.98 Å². The van der Waals surface area contributed by atoms with Crippen LogP contribution in [0.15, 0.2) is 127 Å². The smallest absolute Gasteiger partial charge is 0.323 e. The normalized spacial score (nSPS) is 15.2. The highest BCUT2D eigenvalue weighted by atomic mass is 32.2. The first-order valence-electron chi connectivity index (χ1n) is 12.1. The highest BCUT2D eigenvalue weighted by Crippen LogP contribution is 2.27. The quantitative estimate of drug-likeness (QED) is 0.300. The number of benzene rings is 4. The van der Waals surface area contributed by atoms with Crippen molar-refractivity contribution in [1.82, 2.24) is 5.06 Å². The average Bonchev–Trinajstić information content (AvgIpc) is 2.99. The Bertz CT molecular complexity index is 1840. The molecule has 0 fully saturated rings. The first-order chi connectivity index (χ1) is 20.1. The summed E-state index contributed by atoms with van der Waals surface area (Å²) in [6.07, 6.45) is 0.258. The Labute approximate surface area is 241 Å². The third-order valence-electron chi connectivity index (χ3n) is 5.91. The standard InChI is InChI=1S/C28H23N3O9S2/c1-38-28-30-27(39-21-6-14-25(15-7-21)41(34,35)23-10-2-19(32)3-11-23)29-18-31(28)40-22-8-16-26(17-9-22)42(36,37)24-12-4-20(33)5-13-24/h2-18,28,32-33H,1H3. The third-order valence-corrected chi connectivity index (χ3v) is 9.48. The minimum absolute atomic E-state index is 0.0332. The van der Waals surface area contributed by atoms with Crippen LogP contribution in [0.3, 0.4) is 0 Å². The Kier molecular flexibility index (Phi) is 7.85. The molecule has 0 aromatic heterocycles. The predicted molar refractivity (Wildman–Crippen MR) is 150 cm³/mol. The van der Waals surface area contributed by atoms with Gasteiger partial charge in [-0.25, -0.2) is 16.8 Å².